The number of nitrogens with zero attached hydrogens (tertiary/aromatic N) is 2. The lowest BCUT2D eigenvalue weighted by molar-refractivity contribution is 0.0951. The van der Waals surface area contributed by atoms with Crippen LogP contribution in [0.3, 0.4) is 0 Å². The Morgan fingerprint density at radius 1 is 1.25 bits per heavy atom. The molecule has 4 rings (SSSR count). The molecule has 0 radical (unpaired) electrons. The number of H-pyrrole nitrogens is 1. The Balaban J connectivity index is 1.37. The van der Waals surface area contributed by atoms with Gasteiger partial charge in [0.1, 0.15) is 11.5 Å². The molecule has 126 valence electrons. The van der Waals surface area contributed by atoms with Crippen molar-refractivity contribution in [2.75, 3.05) is 19.6 Å². The molecular weight excluding hydrogens is 300 g/mol. The summed E-state index contributed by atoms with van der Waals surface area (Å²) in [4.78, 5) is 22.5. The summed E-state index contributed by atoms with van der Waals surface area (Å²) >= 11 is 0. The Morgan fingerprint density at radius 2 is 2.12 bits per heavy atom. The van der Waals surface area contributed by atoms with Crippen molar-refractivity contribution >= 4 is 5.91 Å². The van der Waals surface area contributed by atoms with E-state index in [2.05, 4.69) is 50.5 Å². The highest BCUT2D eigenvalue weighted by atomic mass is 16.1. The fraction of sp³-hybridized carbons (Fsp3) is 0.474. The third-order valence-corrected chi connectivity index (χ3v) is 5.03. The Bertz CT molecular complexity index is 709. The molecule has 1 amide bonds. The number of rotatable bonds is 4. The van der Waals surface area contributed by atoms with Crippen LogP contribution in [0.1, 0.15) is 40.4 Å². The van der Waals surface area contributed by atoms with E-state index >= 15 is 0 Å². The number of hydrogen-bond donors (Lipinski definition) is 2. The van der Waals surface area contributed by atoms with Gasteiger partial charge in [0.15, 0.2) is 0 Å². The molecule has 0 unspecified atom stereocenters. The molecule has 0 saturated carbocycles. The first-order valence-electron chi connectivity index (χ1n) is 8.90. The number of nitrogens with one attached hydrogen (secondary N) is 2. The average Bonchev–Trinajstić information content (AvgIpc) is 3.16. The van der Waals surface area contributed by atoms with Gasteiger partial charge in [-0.3, -0.25) is 9.69 Å². The lowest BCUT2D eigenvalue weighted by Crippen LogP contribution is -2.23. The van der Waals surface area contributed by atoms with Gasteiger partial charge < -0.3 is 10.3 Å². The molecule has 0 bridgehead atoms. The van der Waals surface area contributed by atoms with Gasteiger partial charge in [-0.15, -0.1) is 0 Å². The number of likely N-dealkylation sites (tertiary alicyclic amines) is 1. The zero-order valence-electron chi connectivity index (χ0n) is 13.9. The summed E-state index contributed by atoms with van der Waals surface area (Å²) in [5.41, 5.74) is 3.00. The van der Waals surface area contributed by atoms with Gasteiger partial charge in [-0.2, -0.15) is 0 Å². The molecule has 5 heteroatoms. The highest BCUT2D eigenvalue weighted by molar-refractivity contribution is 5.93. The summed E-state index contributed by atoms with van der Waals surface area (Å²) in [6.45, 7) is 4.01. The fourth-order valence-corrected chi connectivity index (χ4v) is 3.82. The van der Waals surface area contributed by atoms with Crippen LogP contribution in [-0.2, 0) is 19.4 Å². The number of aromatic nitrogens is 2. The minimum Gasteiger partial charge on any atom is -0.351 e. The predicted octanol–water partition coefficient (Wildman–Crippen LogP) is 2.15. The predicted molar refractivity (Wildman–Crippen MR) is 92.8 cm³/mol. The van der Waals surface area contributed by atoms with E-state index in [0.29, 0.717) is 11.6 Å². The van der Waals surface area contributed by atoms with Crippen LogP contribution in [0.4, 0.5) is 0 Å². The Morgan fingerprint density at radius 3 is 3.00 bits per heavy atom. The smallest absolute Gasteiger partial charge is 0.271 e. The summed E-state index contributed by atoms with van der Waals surface area (Å²) in [5.74, 6) is 1.57. The lowest BCUT2D eigenvalue weighted by atomic mass is 10.1. The third-order valence-electron chi connectivity index (χ3n) is 5.03. The zero-order chi connectivity index (χ0) is 16.4. The van der Waals surface area contributed by atoms with Crippen molar-refractivity contribution in [1.82, 2.24) is 20.2 Å². The van der Waals surface area contributed by atoms with Gasteiger partial charge in [0.2, 0.25) is 0 Å². The molecule has 2 aromatic rings. The van der Waals surface area contributed by atoms with E-state index in [1.165, 1.54) is 12.0 Å². The number of aryl methyl sites for hydroxylation is 1. The molecule has 0 aliphatic carbocycles. The van der Waals surface area contributed by atoms with Gasteiger partial charge in [-0.05, 0) is 37.3 Å². The van der Waals surface area contributed by atoms with Crippen LogP contribution in [0.15, 0.2) is 30.3 Å². The first kappa shape index (κ1) is 15.4. The topological polar surface area (TPSA) is 61.0 Å². The molecule has 2 N–H and O–H groups in total. The van der Waals surface area contributed by atoms with E-state index in [0.717, 1.165) is 57.0 Å². The molecule has 2 aliphatic heterocycles. The van der Waals surface area contributed by atoms with Crippen LogP contribution >= 0.6 is 0 Å². The largest absolute Gasteiger partial charge is 0.351 e. The van der Waals surface area contributed by atoms with Crippen molar-refractivity contribution < 1.29 is 4.79 Å². The number of amides is 1. The van der Waals surface area contributed by atoms with Gasteiger partial charge in [0.05, 0.1) is 0 Å². The second-order valence-electron chi connectivity index (χ2n) is 6.95. The maximum atomic E-state index is 12.0. The molecule has 1 fully saturated rings. The zero-order valence-corrected chi connectivity index (χ0v) is 13.9. The second kappa shape index (κ2) is 6.77. The molecule has 24 heavy (non-hydrogen) atoms. The van der Waals surface area contributed by atoms with Crippen LogP contribution in [0.2, 0.25) is 0 Å². The molecule has 1 atom stereocenters. The van der Waals surface area contributed by atoms with Crippen molar-refractivity contribution in [2.24, 2.45) is 5.92 Å². The standard InChI is InChI=1S/C19H24N4O/c24-19-18-16(7-4-9-20-19)21-17(22-18)11-15-8-10-23(13-15)12-14-5-2-1-3-6-14/h1-3,5-6,15H,4,7-13H2,(H,20,24)(H,21,22)/t15-/m1/s1. The van der Waals surface area contributed by atoms with Crippen molar-refractivity contribution in [1.29, 1.82) is 0 Å². The number of imidazole rings is 1. The fourth-order valence-electron chi connectivity index (χ4n) is 3.82. The molecular formula is C19H24N4O. The van der Waals surface area contributed by atoms with E-state index in [1.807, 2.05) is 0 Å². The first-order valence-corrected chi connectivity index (χ1v) is 8.90. The third kappa shape index (κ3) is 3.36. The van der Waals surface area contributed by atoms with E-state index in [-0.39, 0.29) is 5.91 Å². The van der Waals surface area contributed by atoms with Crippen LogP contribution < -0.4 is 5.32 Å². The molecule has 2 aliphatic rings. The quantitative estimate of drug-likeness (QED) is 0.906. The van der Waals surface area contributed by atoms with Gasteiger partial charge in [0.25, 0.3) is 5.91 Å². The normalized spacial score (nSPS) is 21.3. The maximum absolute atomic E-state index is 12.0. The van der Waals surface area contributed by atoms with E-state index < -0.39 is 0 Å². The van der Waals surface area contributed by atoms with E-state index in [4.69, 9.17) is 0 Å². The average molecular weight is 324 g/mol. The van der Waals surface area contributed by atoms with Gasteiger partial charge in [-0.1, -0.05) is 30.3 Å². The minimum atomic E-state index is -0.0258. The molecule has 1 aromatic heterocycles. The number of benzene rings is 1. The number of aromatic amines is 1. The SMILES string of the molecule is O=C1NCCCc2[nH]c(C[C@H]3CCN(Cc4ccccc4)C3)nc21. The number of hydrogen-bond acceptors (Lipinski definition) is 3. The van der Waals surface area contributed by atoms with Crippen molar-refractivity contribution in [3.63, 3.8) is 0 Å². The molecule has 0 spiro atoms. The van der Waals surface area contributed by atoms with E-state index in [1.54, 1.807) is 0 Å². The van der Waals surface area contributed by atoms with Gasteiger partial charge in [0, 0.05) is 31.7 Å². The molecule has 1 saturated heterocycles. The van der Waals surface area contributed by atoms with Crippen LogP contribution in [0.25, 0.3) is 0 Å². The van der Waals surface area contributed by atoms with Gasteiger partial charge >= 0.3 is 0 Å². The number of carbonyl (C=O) groups is 1. The minimum absolute atomic E-state index is 0.0258. The Labute approximate surface area is 142 Å². The van der Waals surface area contributed by atoms with Crippen LogP contribution in [0.5, 0.6) is 0 Å². The Kier molecular flexibility index (Phi) is 4.34. The number of carbonyl (C=O) groups excluding carboxylic acids is 1. The van der Waals surface area contributed by atoms with Crippen LogP contribution in [0, 0.1) is 5.92 Å². The summed E-state index contributed by atoms with van der Waals surface area (Å²) in [7, 11) is 0. The Hall–Kier alpha value is -2.14. The molecule has 1 aromatic carbocycles. The highest BCUT2D eigenvalue weighted by Crippen LogP contribution is 2.22. The highest BCUT2D eigenvalue weighted by Gasteiger charge is 2.25. The van der Waals surface area contributed by atoms with Crippen molar-refractivity contribution in [3.8, 4) is 0 Å². The summed E-state index contributed by atoms with van der Waals surface area (Å²) < 4.78 is 0. The summed E-state index contributed by atoms with van der Waals surface area (Å²) in [6, 6.07) is 10.6. The maximum Gasteiger partial charge on any atom is 0.271 e. The molecule has 3 heterocycles. The van der Waals surface area contributed by atoms with Crippen molar-refractivity contribution in [2.45, 2.75) is 32.2 Å². The first-order chi connectivity index (χ1) is 11.8. The van der Waals surface area contributed by atoms with Crippen LogP contribution in [-0.4, -0.2) is 40.4 Å². The van der Waals surface area contributed by atoms with Gasteiger partial charge in [-0.25, -0.2) is 4.98 Å². The summed E-state index contributed by atoms with van der Waals surface area (Å²) in [5, 5.41) is 2.91. The number of fused-ring (bicyclic) bond motifs is 1. The van der Waals surface area contributed by atoms with Crippen molar-refractivity contribution in [3.05, 3.63) is 53.1 Å². The monoisotopic (exact) mass is 324 g/mol. The molecule has 5 nitrogen and oxygen atoms in total. The van der Waals surface area contributed by atoms with E-state index in [9.17, 15) is 4.79 Å². The second-order valence-corrected chi connectivity index (χ2v) is 6.95. The summed E-state index contributed by atoms with van der Waals surface area (Å²) in [6.07, 6.45) is 4.02. The lowest BCUT2D eigenvalue weighted by Gasteiger charge is -2.15.